The molecule has 28 heavy (non-hydrogen) atoms. The summed E-state index contributed by atoms with van der Waals surface area (Å²) in [7, 11) is 1.65. The second-order valence-corrected chi connectivity index (χ2v) is 6.77. The van der Waals surface area contributed by atoms with Gasteiger partial charge in [0.2, 0.25) is 5.91 Å². The predicted octanol–water partition coefficient (Wildman–Crippen LogP) is 2.67. The lowest BCUT2D eigenvalue weighted by Gasteiger charge is -2.35. The van der Waals surface area contributed by atoms with E-state index in [1.54, 1.807) is 13.2 Å². The van der Waals surface area contributed by atoms with Crippen molar-refractivity contribution in [2.75, 3.05) is 50.1 Å². The summed E-state index contributed by atoms with van der Waals surface area (Å²) in [6.07, 6.45) is 0. The molecule has 1 amide bonds. The van der Waals surface area contributed by atoms with Crippen LogP contribution < -0.4 is 15.0 Å². The number of nitro benzene ring substituents is 1. The molecule has 0 aliphatic carbocycles. The van der Waals surface area contributed by atoms with Gasteiger partial charge in [-0.05, 0) is 36.8 Å². The maximum atomic E-state index is 12.4. The Bertz CT molecular complexity index is 846. The Hall–Kier alpha value is -3.13. The average molecular weight is 384 g/mol. The third-order valence-electron chi connectivity index (χ3n) is 4.88. The van der Waals surface area contributed by atoms with Gasteiger partial charge in [0.15, 0.2) is 0 Å². The molecule has 3 rings (SSSR count). The van der Waals surface area contributed by atoms with Crippen molar-refractivity contribution in [2.45, 2.75) is 6.92 Å². The molecule has 0 saturated carbocycles. The maximum absolute atomic E-state index is 12.4. The van der Waals surface area contributed by atoms with Gasteiger partial charge in [0, 0.05) is 44.0 Å². The molecular weight excluding hydrogens is 360 g/mol. The Morgan fingerprint density at radius 1 is 1.14 bits per heavy atom. The van der Waals surface area contributed by atoms with Crippen molar-refractivity contribution in [1.29, 1.82) is 0 Å². The number of nitrogens with one attached hydrogen (secondary N) is 1. The van der Waals surface area contributed by atoms with E-state index < -0.39 is 4.92 Å². The highest BCUT2D eigenvalue weighted by atomic mass is 16.6. The van der Waals surface area contributed by atoms with Crippen LogP contribution in [-0.2, 0) is 4.79 Å². The third-order valence-corrected chi connectivity index (χ3v) is 4.88. The highest BCUT2D eigenvalue weighted by molar-refractivity contribution is 5.93. The number of hydrogen-bond donors (Lipinski definition) is 1. The fourth-order valence-electron chi connectivity index (χ4n) is 3.21. The summed E-state index contributed by atoms with van der Waals surface area (Å²) in [5.74, 6) is 0.664. The summed E-state index contributed by atoms with van der Waals surface area (Å²) in [5.41, 5.74) is 2.38. The number of aryl methyl sites for hydroxylation is 1. The minimum atomic E-state index is -0.465. The van der Waals surface area contributed by atoms with Crippen LogP contribution in [0.15, 0.2) is 42.5 Å². The zero-order valence-electron chi connectivity index (χ0n) is 16.1. The van der Waals surface area contributed by atoms with E-state index in [0.717, 1.165) is 43.2 Å². The number of carbonyl (C=O) groups excluding carboxylic acids is 1. The second kappa shape index (κ2) is 8.71. The van der Waals surface area contributed by atoms with Crippen molar-refractivity contribution in [3.05, 3.63) is 58.1 Å². The molecule has 1 saturated heterocycles. The van der Waals surface area contributed by atoms with Gasteiger partial charge in [-0.15, -0.1) is 0 Å². The van der Waals surface area contributed by atoms with Crippen molar-refractivity contribution in [1.82, 2.24) is 4.90 Å². The Balaban J connectivity index is 1.52. The molecular formula is C20H24N4O4. The van der Waals surface area contributed by atoms with Gasteiger partial charge in [-0.3, -0.25) is 19.8 Å². The van der Waals surface area contributed by atoms with Crippen molar-refractivity contribution in [2.24, 2.45) is 0 Å². The van der Waals surface area contributed by atoms with Crippen LogP contribution in [0.4, 0.5) is 17.1 Å². The van der Waals surface area contributed by atoms with Crippen molar-refractivity contribution >= 4 is 23.0 Å². The zero-order chi connectivity index (χ0) is 20.1. The summed E-state index contributed by atoms with van der Waals surface area (Å²) in [4.78, 5) is 27.2. The van der Waals surface area contributed by atoms with Gasteiger partial charge in [0.05, 0.1) is 24.3 Å². The summed E-state index contributed by atoms with van der Waals surface area (Å²) >= 11 is 0. The second-order valence-electron chi connectivity index (χ2n) is 6.77. The topological polar surface area (TPSA) is 88.0 Å². The number of methoxy groups -OCH3 is 1. The number of nitrogens with zero attached hydrogens (tertiary/aromatic N) is 3. The summed E-state index contributed by atoms with van der Waals surface area (Å²) in [5, 5.41) is 13.7. The summed E-state index contributed by atoms with van der Waals surface area (Å²) in [6.45, 7) is 5.27. The van der Waals surface area contributed by atoms with Gasteiger partial charge >= 0.3 is 0 Å². The van der Waals surface area contributed by atoms with E-state index in [1.165, 1.54) is 12.1 Å². The largest absolute Gasteiger partial charge is 0.497 e. The SMILES string of the molecule is COc1ccc(N2CCN(CC(=O)Nc3cc([N+](=O)[O-])ccc3C)CC2)cc1. The number of ether oxygens (including phenoxy) is 1. The van der Waals surface area contributed by atoms with Crippen LogP contribution in [0, 0.1) is 17.0 Å². The predicted molar refractivity (Wildman–Crippen MR) is 108 cm³/mol. The first-order valence-corrected chi connectivity index (χ1v) is 9.12. The first-order valence-electron chi connectivity index (χ1n) is 9.12. The molecule has 2 aromatic carbocycles. The van der Waals surface area contributed by atoms with Crippen LogP contribution in [0.1, 0.15) is 5.56 Å². The van der Waals surface area contributed by atoms with Crippen LogP contribution in [0.25, 0.3) is 0 Å². The van der Waals surface area contributed by atoms with Crippen molar-refractivity contribution < 1.29 is 14.5 Å². The molecule has 1 aliphatic rings. The molecule has 2 aromatic rings. The Morgan fingerprint density at radius 3 is 2.43 bits per heavy atom. The lowest BCUT2D eigenvalue weighted by Crippen LogP contribution is -2.48. The fourth-order valence-corrected chi connectivity index (χ4v) is 3.21. The molecule has 0 atom stereocenters. The van der Waals surface area contributed by atoms with E-state index in [9.17, 15) is 14.9 Å². The molecule has 8 nitrogen and oxygen atoms in total. The third kappa shape index (κ3) is 4.77. The van der Waals surface area contributed by atoms with Gasteiger partial charge in [0.25, 0.3) is 5.69 Å². The van der Waals surface area contributed by atoms with E-state index in [2.05, 4.69) is 15.1 Å². The number of benzene rings is 2. The van der Waals surface area contributed by atoms with Gasteiger partial charge in [-0.25, -0.2) is 0 Å². The molecule has 0 aromatic heterocycles. The van der Waals surface area contributed by atoms with E-state index in [4.69, 9.17) is 4.74 Å². The van der Waals surface area contributed by atoms with E-state index in [1.807, 2.05) is 31.2 Å². The molecule has 1 N–H and O–H groups in total. The van der Waals surface area contributed by atoms with Crippen molar-refractivity contribution in [3.63, 3.8) is 0 Å². The van der Waals surface area contributed by atoms with Gasteiger partial charge < -0.3 is 15.0 Å². The number of rotatable bonds is 6. The average Bonchev–Trinajstić information content (AvgIpc) is 2.70. The molecule has 0 radical (unpaired) electrons. The standard InChI is InChI=1S/C20H24N4O4/c1-15-3-4-17(24(26)27)13-19(15)21-20(25)14-22-9-11-23(12-10-22)16-5-7-18(28-2)8-6-16/h3-8,13H,9-12,14H2,1-2H3,(H,21,25). The minimum absolute atomic E-state index is 0.0333. The number of anilines is 2. The fraction of sp³-hybridized carbons (Fsp3) is 0.350. The lowest BCUT2D eigenvalue weighted by molar-refractivity contribution is -0.384. The molecule has 1 aliphatic heterocycles. The van der Waals surface area contributed by atoms with Crippen molar-refractivity contribution in [3.8, 4) is 5.75 Å². The van der Waals surface area contributed by atoms with E-state index >= 15 is 0 Å². The van der Waals surface area contributed by atoms with Crippen LogP contribution in [-0.4, -0.2) is 55.6 Å². The van der Waals surface area contributed by atoms with Gasteiger partial charge in [-0.2, -0.15) is 0 Å². The minimum Gasteiger partial charge on any atom is -0.497 e. The zero-order valence-corrected chi connectivity index (χ0v) is 16.1. The number of piperazine rings is 1. The molecule has 148 valence electrons. The summed E-state index contributed by atoms with van der Waals surface area (Å²) in [6, 6.07) is 12.4. The summed E-state index contributed by atoms with van der Waals surface area (Å²) < 4.78 is 5.19. The number of amides is 1. The highest BCUT2D eigenvalue weighted by Gasteiger charge is 2.20. The van der Waals surface area contributed by atoms with Crippen LogP contribution in [0.5, 0.6) is 5.75 Å². The molecule has 0 bridgehead atoms. The molecule has 0 unspecified atom stereocenters. The molecule has 0 spiro atoms. The van der Waals surface area contributed by atoms with Crippen LogP contribution in [0.2, 0.25) is 0 Å². The Labute approximate surface area is 163 Å². The maximum Gasteiger partial charge on any atom is 0.271 e. The quantitative estimate of drug-likeness (QED) is 0.609. The van der Waals surface area contributed by atoms with Gasteiger partial charge in [-0.1, -0.05) is 6.07 Å². The van der Waals surface area contributed by atoms with Gasteiger partial charge in [0.1, 0.15) is 5.75 Å². The first-order chi connectivity index (χ1) is 13.5. The van der Waals surface area contributed by atoms with Crippen LogP contribution >= 0.6 is 0 Å². The Kier molecular flexibility index (Phi) is 6.10. The monoisotopic (exact) mass is 384 g/mol. The smallest absolute Gasteiger partial charge is 0.271 e. The molecule has 1 fully saturated rings. The first kappa shape index (κ1) is 19.6. The van der Waals surface area contributed by atoms with Crippen LogP contribution in [0.3, 0.4) is 0 Å². The normalized spacial score (nSPS) is 14.6. The Morgan fingerprint density at radius 2 is 1.82 bits per heavy atom. The molecule has 1 heterocycles. The highest BCUT2D eigenvalue weighted by Crippen LogP contribution is 2.22. The lowest BCUT2D eigenvalue weighted by atomic mass is 10.2. The van der Waals surface area contributed by atoms with E-state index in [-0.39, 0.29) is 18.1 Å². The number of non-ortho nitro benzene ring substituents is 1. The number of nitro groups is 1. The number of hydrogen-bond acceptors (Lipinski definition) is 6. The van der Waals surface area contributed by atoms with E-state index in [0.29, 0.717) is 5.69 Å². The number of carbonyl (C=O) groups is 1. The molecule has 8 heteroatoms.